The molecule has 1 saturated heterocycles. The van der Waals surface area contributed by atoms with Crippen LogP contribution in [-0.2, 0) is 45.3 Å². The van der Waals surface area contributed by atoms with Gasteiger partial charge in [0.05, 0.1) is 35.9 Å². The van der Waals surface area contributed by atoms with Crippen LogP contribution in [0.5, 0.6) is 0 Å². The minimum absolute atomic E-state index is 0.0150. The van der Waals surface area contributed by atoms with Gasteiger partial charge < -0.3 is 45.6 Å². The summed E-state index contributed by atoms with van der Waals surface area (Å²) in [6.45, 7) is 37.8. The molecular weight excluding hydrogens is 905 g/mol. The summed E-state index contributed by atoms with van der Waals surface area (Å²) in [6.07, 6.45) is -4.24. The van der Waals surface area contributed by atoms with Gasteiger partial charge in [0, 0.05) is 45.5 Å². The summed E-state index contributed by atoms with van der Waals surface area (Å²) in [7, 11) is -6.06. The second kappa shape index (κ2) is 20.0. The van der Waals surface area contributed by atoms with Crippen LogP contribution in [0.25, 0.3) is 0 Å². The standard InChI is InChI=1S/C50H87O12Si4/c1-30(2)64(54-17,31(3)4)59-38-28-50(62-63(20)21)45(58-46(52)37-25-23-22-24-26-37)43-48(16,39(27-40-49(43,53)29-57-40)60-65(55-18,32(5)6)33(7)8)44(51)42(41(36(38)13)47(50,14)15)61-66(56-19,34(9)10)35(11)12/h22-26,30-35,38-40,42-43,45,53H,27-29H2,1-21H3/t38-,39-,40?,42+,43?,45?,48+,49-,50+/m0/s1. The van der Waals surface area contributed by atoms with E-state index in [-0.39, 0.29) is 58.5 Å². The van der Waals surface area contributed by atoms with E-state index in [1.807, 2.05) is 13.0 Å². The summed E-state index contributed by atoms with van der Waals surface area (Å²) in [5, 5.41) is 13.6. The lowest BCUT2D eigenvalue weighted by Gasteiger charge is -2.69. The van der Waals surface area contributed by atoms with Gasteiger partial charge in [0.25, 0.3) is 0 Å². The average Bonchev–Trinajstić information content (AvgIpc) is 3.23. The Labute approximate surface area is 403 Å². The number of ketones is 1. The number of rotatable bonds is 19. The topological polar surface area (TPSA) is 137 Å². The van der Waals surface area contributed by atoms with Crippen molar-refractivity contribution in [3.63, 3.8) is 0 Å². The molecule has 375 valence electrons. The van der Waals surface area contributed by atoms with E-state index in [2.05, 4.69) is 117 Å². The zero-order chi connectivity index (χ0) is 49.9. The molecule has 5 rings (SSSR count). The molecule has 1 aromatic rings. The van der Waals surface area contributed by atoms with E-state index in [1.165, 1.54) is 0 Å². The van der Waals surface area contributed by atoms with E-state index in [9.17, 15) is 5.11 Å². The second-order valence-corrected chi connectivity index (χ2v) is 37.8. The Balaban J connectivity index is 2.04. The molecule has 2 saturated carbocycles. The lowest BCUT2D eigenvalue weighted by atomic mass is 9.44. The van der Waals surface area contributed by atoms with Crippen molar-refractivity contribution in [2.24, 2.45) is 16.7 Å². The first-order valence-corrected chi connectivity index (χ1v) is 32.9. The zero-order valence-electron chi connectivity index (χ0n) is 44.4. The Kier molecular flexibility index (Phi) is 16.8. The molecule has 9 atom stereocenters. The van der Waals surface area contributed by atoms with Gasteiger partial charge in [-0.05, 0) is 83.5 Å². The summed E-state index contributed by atoms with van der Waals surface area (Å²) in [6, 6.07) is 8.92. The van der Waals surface area contributed by atoms with Crippen LogP contribution in [0, 0.1) is 16.7 Å². The molecule has 0 spiro atoms. The maximum absolute atomic E-state index is 17.2. The molecule has 1 aliphatic heterocycles. The first-order chi connectivity index (χ1) is 30.5. The number of aliphatic hydroxyl groups is 1. The number of carbonyl (C=O) groups excluding carboxylic acids is 2. The number of fused-ring (bicyclic) bond motifs is 5. The van der Waals surface area contributed by atoms with Crippen LogP contribution in [0.1, 0.15) is 134 Å². The number of benzene rings is 1. The lowest BCUT2D eigenvalue weighted by Crippen LogP contribution is -2.82. The van der Waals surface area contributed by atoms with Crippen LogP contribution < -0.4 is 0 Å². The van der Waals surface area contributed by atoms with E-state index < -0.39 is 99.2 Å². The predicted molar refractivity (Wildman–Crippen MR) is 267 cm³/mol. The number of esters is 1. The molecule has 3 unspecified atom stereocenters. The molecule has 1 aromatic carbocycles. The van der Waals surface area contributed by atoms with Crippen molar-refractivity contribution in [2.75, 3.05) is 27.9 Å². The highest BCUT2D eigenvalue weighted by atomic mass is 28.4. The van der Waals surface area contributed by atoms with Gasteiger partial charge in [-0.15, -0.1) is 0 Å². The van der Waals surface area contributed by atoms with E-state index in [4.69, 9.17) is 40.5 Å². The summed E-state index contributed by atoms with van der Waals surface area (Å²) in [5.74, 6) is -1.97. The maximum Gasteiger partial charge on any atom is 0.344 e. The highest BCUT2D eigenvalue weighted by molar-refractivity contribution is 6.71. The minimum atomic E-state index is -3.31. The molecule has 66 heavy (non-hydrogen) atoms. The average molecular weight is 993 g/mol. The molecule has 1 N–H and O–H groups in total. The van der Waals surface area contributed by atoms with Crippen molar-refractivity contribution < 1.29 is 55.2 Å². The van der Waals surface area contributed by atoms with Gasteiger partial charge in [-0.1, -0.05) is 115 Å². The van der Waals surface area contributed by atoms with Crippen LogP contribution in [0.15, 0.2) is 41.5 Å². The Morgan fingerprint density at radius 1 is 0.758 bits per heavy atom. The number of Topliss-reactive ketones (excluding diaryl/α,β-unsaturated/α-hetero) is 1. The largest absolute Gasteiger partial charge is 0.455 e. The maximum atomic E-state index is 17.2. The van der Waals surface area contributed by atoms with Gasteiger partial charge in [0.2, 0.25) is 9.04 Å². The molecular formula is C50H87O12Si4. The molecule has 2 bridgehead atoms. The van der Waals surface area contributed by atoms with Crippen molar-refractivity contribution in [3.8, 4) is 0 Å². The molecule has 1 radical (unpaired) electrons. The summed E-state index contributed by atoms with van der Waals surface area (Å²) >= 11 is 0. The third-order valence-corrected chi connectivity index (χ3v) is 30.9. The molecule has 0 aromatic heterocycles. The van der Waals surface area contributed by atoms with Crippen LogP contribution in [0.3, 0.4) is 0 Å². The Morgan fingerprint density at radius 3 is 1.65 bits per heavy atom. The number of carbonyl (C=O) groups is 2. The van der Waals surface area contributed by atoms with Gasteiger partial charge >= 0.3 is 31.7 Å². The highest BCUT2D eigenvalue weighted by Gasteiger charge is 2.78. The predicted octanol–water partition coefficient (Wildman–Crippen LogP) is 10.6. The van der Waals surface area contributed by atoms with Crippen LogP contribution in [0.2, 0.25) is 46.3 Å². The fourth-order valence-electron chi connectivity index (χ4n) is 13.2. The Bertz CT molecular complexity index is 1880. The monoisotopic (exact) mass is 992 g/mol. The van der Waals surface area contributed by atoms with Gasteiger partial charge in [0.15, 0.2) is 5.78 Å². The molecule has 16 heteroatoms. The van der Waals surface area contributed by atoms with Crippen LogP contribution in [-0.4, -0.2) is 121 Å². The third-order valence-electron chi connectivity index (χ3n) is 16.6. The van der Waals surface area contributed by atoms with Gasteiger partial charge in [-0.2, -0.15) is 0 Å². The summed E-state index contributed by atoms with van der Waals surface area (Å²) in [4.78, 5) is 32.2. The molecule has 12 nitrogen and oxygen atoms in total. The summed E-state index contributed by atoms with van der Waals surface area (Å²) in [5.41, 5.74) is -3.88. The molecule has 1 heterocycles. The second-order valence-electron chi connectivity index (χ2n) is 22.6. The summed E-state index contributed by atoms with van der Waals surface area (Å²) < 4.78 is 63.9. The van der Waals surface area contributed by atoms with Gasteiger partial charge in [0.1, 0.15) is 23.4 Å². The van der Waals surface area contributed by atoms with Crippen molar-refractivity contribution in [2.45, 2.75) is 212 Å². The molecule has 3 aliphatic carbocycles. The fourth-order valence-corrected chi connectivity index (χ4v) is 25.2. The highest BCUT2D eigenvalue weighted by Crippen LogP contribution is 2.66. The van der Waals surface area contributed by atoms with Gasteiger partial charge in [-0.25, -0.2) is 4.79 Å². The smallest absolute Gasteiger partial charge is 0.344 e. The van der Waals surface area contributed by atoms with E-state index in [1.54, 1.807) is 45.6 Å². The number of ether oxygens (including phenoxy) is 2. The van der Waals surface area contributed by atoms with Crippen LogP contribution in [0.4, 0.5) is 0 Å². The van der Waals surface area contributed by atoms with Crippen LogP contribution >= 0.6 is 0 Å². The first-order valence-electron chi connectivity index (χ1n) is 24.6. The van der Waals surface area contributed by atoms with Crippen molar-refractivity contribution in [1.29, 1.82) is 0 Å². The van der Waals surface area contributed by atoms with Crippen molar-refractivity contribution >= 4 is 46.5 Å². The number of hydrogen-bond donors (Lipinski definition) is 1. The number of hydrogen-bond acceptors (Lipinski definition) is 12. The Morgan fingerprint density at radius 2 is 1.23 bits per heavy atom. The quantitative estimate of drug-likeness (QED) is 0.0802. The zero-order valence-corrected chi connectivity index (χ0v) is 48.4. The first kappa shape index (κ1) is 55.5. The Hall–Kier alpha value is -1.39. The normalized spacial score (nSPS) is 31.7. The van der Waals surface area contributed by atoms with Crippen molar-refractivity contribution in [1.82, 2.24) is 0 Å². The van der Waals surface area contributed by atoms with Gasteiger partial charge in [-0.3, -0.25) is 4.79 Å². The fraction of sp³-hybridized carbons (Fsp3) is 0.800. The van der Waals surface area contributed by atoms with E-state index >= 15 is 9.59 Å². The van der Waals surface area contributed by atoms with E-state index in [0.29, 0.717) is 5.56 Å². The SMILES string of the molecule is CO[Si](O[C@H]1C(=O)[C@@]2(C)C(C(OC(=O)c3ccccc3)[C@]3(O[Si](C)C)C[C@H](O[Si](OC)(C(C)C)C(C)C)C(C)=C1C3(C)C)[C@]1(O)COC1C[C@@H]2O[Si](OC)(C(C)C)C(C)C)(C(C)C)C(C)C. The molecule has 3 fully saturated rings. The third kappa shape index (κ3) is 8.66. The van der Waals surface area contributed by atoms with Crippen molar-refractivity contribution in [3.05, 3.63) is 47.0 Å². The lowest BCUT2D eigenvalue weighted by molar-refractivity contribution is -0.341. The molecule has 4 aliphatic rings. The minimum Gasteiger partial charge on any atom is -0.455 e. The molecule has 0 amide bonds. The van der Waals surface area contributed by atoms with E-state index in [0.717, 1.165) is 11.1 Å².